The lowest BCUT2D eigenvalue weighted by Gasteiger charge is -2.45. The van der Waals surface area contributed by atoms with Crippen LogP contribution >= 0.6 is 0 Å². The molecule has 0 saturated carbocycles. The van der Waals surface area contributed by atoms with E-state index in [2.05, 4.69) is 127 Å². The molecule has 0 bridgehead atoms. The van der Waals surface area contributed by atoms with Crippen molar-refractivity contribution in [2.75, 3.05) is 6.61 Å². The summed E-state index contributed by atoms with van der Waals surface area (Å²) >= 11 is 0. The van der Waals surface area contributed by atoms with Gasteiger partial charge in [0.25, 0.3) is 0 Å². The summed E-state index contributed by atoms with van der Waals surface area (Å²) in [4.78, 5) is 23.9. The minimum atomic E-state index is -2.22. The third kappa shape index (κ3) is 18.3. The Labute approximate surface area is 334 Å². The molecule has 1 amide bonds. The summed E-state index contributed by atoms with van der Waals surface area (Å²) in [6.45, 7) is 41.8. The largest absolute Gasteiger partial charge is 0.466 e. The molecule has 10 heteroatoms. The molecule has 0 spiro atoms. The number of hydrogen-bond acceptors (Lipinski definition) is 7. The molecule has 9 atom stereocenters. The van der Waals surface area contributed by atoms with Crippen LogP contribution in [0.15, 0.2) is 48.6 Å². The van der Waals surface area contributed by atoms with Gasteiger partial charge >= 0.3 is 12.1 Å². The van der Waals surface area contributed by atoms with E-state index in [0.29, 0.717) is 19.4 Å². The molecular formula is C44H83NO7Si2. The van der Waals surface area contributed by atoms with E-state index in [9.17, 15) is 14.7 Å². The fourth-order valence-corrected chi connectivity index (χ4v) is 9.40. The van der Waals surface area contributed by atoms with E-state index in [1.807, 2.05) is 19.1 Å². The van der Waals surface area contributed by atoms with Crippen molar-refractivity contribution in [3.63, 3.8) is 0 Å². The zero-order chi connectivity index (χ0) is 42.2. The van der Waals surface area contributed by atoms with Gasteiger partial charge in [-0.1, -0.05) is 125 Å². The smallest absolute Gasteiger partial charge is 0.404 e. The average molecular weight is 794 g/mol. The van der Waals surface area contributed by atoms with E-state index in [0.717, 1.165) is 12.8 Å². The second-order valence-electron chi connectivity index (χ2n) is 18.8. The molecule has 0 saturated heterocycles. The summed E-state index contributed by atoms with van der Waals surface area (Å²) in [6, 6.07) is 0. The van der Waals surface area contributed by atoms with Gasteiger partial charge in [-0.25, -0.2) is 4.79 Å². The van der Waals surface area contributed by atoms with Gasteiger partial charge in [0.2, 0.25) is 0 Å². The molecule has 3 N–H and O–H groups in total. The summed E-state index contributed by atoms with van der Waals surface area (Å²) in [7, 11) is -4.34. The maximum atomic E-state index is 12.2. The molecule has 0 heterocycles. The lowest BCUT2D eigenvalue weighted by atomic mass is 9.81. The Morgan fingerprint density at radius 2 is 1.33 bits per heavy atom. The second-order valence-corrected chi connectivity index (χ2v) is 28.4. The molecular weight excluding hydrogens is 711 g/mol. The normalized spacial score (nSPS) is 18.7. The summed E-state index contributed by atoms with van der Waals surface area (Å²) < 4.78 is 25.2. The number of rotatable bonds is 24. The molecule has 0 rings (SSSR count). The summed E-state index contributed by atoms with van der Waals surface area (Å²) in [6.07, 6.45) is 13.1. The Kier molecular flexibility index (Phi) is 22.4. The third-order valence-electron chi connectivity index (χ3n) is 11.7. The summed E-state index contributed by atoms with van der Waals surface area (Å²) in [5.41, 5.74) is 6.89. The lowest BCUT2D eigenvalue weighted by molar-refractivity contribution is -0.143. The highest BCUT2D eigenvalue weighted by Gasteiger charge is 2.44. The summed E-state index contributed by atoms with van der Waals surface area (Å²) in [5.74, 6) is -0.0827. The predicted molar refractivity (Wildman–Crippen MR) is 232 cm³/mol. The number of allylic oxidation sites excluding steroid dienone is 4. The topological polar surface area (TPSA) is 117 Å². The molecule has 0 aliphatic rings. The highest BCUT2D eigenvalue weighted by Crippen LogP contribution is 2.42. The van der Waals surface area contributed by atoms with Crippen molar-refractivity contribution in [1.29, 1.82) is 0 Å². The van der Waals surface area contributed by atoms with E-state index in [1.165, 1.54) is 5.57 Å². The second kappa shape index (κ2) is 23.3. The number of aliphatic hydroxyl groups is 1. The zero-order valence-electron chi connectivity index (χ0n) is 37.6. The highest BCUT2D eigenvalue weighted by atomic mass is 28.4. The van der Waals surface area contributed by atoms with Crippen LogP contribution in [0.3, 0.4) is 0 Å². The van der Waals surface area contributed by atoms with Crippen molar-refractivity contribution < 1.29 is 33.0 Å². The van der Waals surface area contributed by atoms with Crippen molar-refractivity contribution in [2.45, 2.75) is 183 Å². The van der Waals surface area contributed by atoms with Gasteiger partial charge in [0, 0.05) is 18.3 Å². The maximum absolute atomic E-state index is 12.2. The van der Waals surface area contributed by atoms with Gasteiger partial charge < -0.3 is 29.2 Å². The first-order valence-corrected chi connectivity index (χ1v) is 26.2. The molecule has 0 aromatic heterocycles. The standard InChI is InChI=1S/C44H83NO7Si2/c1-19-21-24-33(5)40(50-42(45)48)36(8)41(52-54(17,18)44(12,13)14)35(7)30-31(3)29-34(6)39(51-53(15,16)43(9,10)11)32(4)25-22-23-26-37(46)27-28-38(47)49-20-2/h19,21-22,24-25,29,32-37,39-41,46H,1,20,23,26-28,30H2,2-18H3,(H2,45,48). The minimum absolute atomic E-state index is 0.00280. The number of ether oxygens (including phenoxy) is 2. The van der Waals surface area contributed by atoms with E-state index in [-0.39, 0.29) is 64.3 Å². The first-order chi connectivity index (χ1) is 24.6. The van der Waals surface area contributed by atoms with Crippen LogP contribution in [0.5, 0.6) is 0 Å². The molecule has 0 aliphatic carbocycles. The van der Waals surface area contributed by atoms with Gasteiger partial charge in [0.1, 0.15) is 6.10 Å². The number of primary amides is 1. The molecule has 0 aromatic carbocycles. The van der Waals surface area contributed by atoms with Crippen LogP contribution in [0.4, 0.5) is 4.79 Å². The molecule has 9 unspecified atom stereocenters. The molecule has 0 aliphatic heterocycles. The number of carbonyl (C=O) groups excluding carboxylic acids is 2. The molecule has 0 radical (unpaired) electrons. The fraction of sp³-hybridized carbons (Fsp3) is 0.773. The van der Waals surface area contributed by atoms with Crippen LogP contribution in [-0.4, -0.2) is 64.8 Å². The van der Waals surface area contributed by atoms with Gasteiger partial charge in [-0.05, 0) is 93.5 Å². The number of nitrogens with two attached hydrogens (primary N) is 1. The van der Waals surface area contributed by atoms with Gasteiger partial charge in [-0.3, -0.25) is 4.79 Å². The quantitative estimate of drug-likeness (QED) is 0.0432. The Morgan fingerprint density at radius 3 is 1.81 bits per heavy atom. The van der Waals surface area contributed by atoms with Crippen LogP contribution in [0.1, 0.15) is 122 Å². The van der Waals surface area contributed by atoms with E-state index >= 15 is 0 Å². The fourth-order valence-electron chi connectivity index (χ4n) is 6.45. The van der Waals surface area contributed by atoms with Crippen LogP contribution in [0, 0.1) is 29.6 Å². The van der Waals surface area contributed by atoms with Crippen LogP contribution in [0.2, 0.25) is 36.3 Å². The first kappa shape index (κ1) is 52.0. The Morgan fingerprint density at radius 1 is 0.815 bits per heavy atom. The van der Waals surface area contributed by atoms with E-state index < -0.39 is 34.9 Å². The Balaban J connectivity index is 6.48. The van der Waals surface area contributed by atoms with Crippen LogP contribution < -0.4 is 5.73 Å². The number of aliphatic hydroxyl groups excluding tert-OH is 1. The summed E-state index contributed by atoms with van der Waals surface area (Å²) in [5, 5.41) is 10.5. The van der Waals surface area contributed by atoms with Crippen molar-refractivity contribution in [3.8, 4) is 0 Å². The first-order valence-electron chi connectivity index (χ1n) is 20.4. The lowest BCUT2D eigenvalue weighted by Crippen LogP contribution is -2.50. The predicted octanol–water partition coefficient (Wildman–Crippen LogP) is 11.5. The van der Waals surface area contributed by atoms with Gasteiger partial charge in [0.15, 0.2) is 16.6 Å². The van der Waals surface area contributed by atoms with E-state index in [4.69, 9.17) is 24.1 Å². The molecule has 0 fully saturated rings. The van der Waals surface area contributed by atoms with Gasteiger partial charge in [0.05, 0.1) is 24.9 Å². The van der Waals surface area contributed by atoms with Crippen molar-refractivity contribution >= 4 is 28.7 Å². The zero-order valence-corrected chi connectivity index (χ0v) is 39.6. The molecule has 8 nitrogen and oxygen atoms in total. The monoisotopic (exact) mass is 794 g/mol. The molecule has 54 heavy (non-hydrogen) atoms. The number of esters is 1. The number of amides is 1. The van der Waals surface area contributed by atoms with Crippen LogP contribution in [0.25, 0.3) is 0 Å². The number of carbonyl (C=O) groups is 2. The Hall–Kier alpha value is -1.99. The van der Waals surface area contributed by atoms with Crippen molar-refractivity contribution in [3.05, 3.63) is 48.6 Å². The Bertz CT molecular complexity index is 1230. The average Bonchev–Trinajstić information content (AvgIpc) is 3.03. The maximum Gasteiger partial charge on any atom is 0.404 e. The number of hydrogen-bond donors (Lipinski definition) is 2. The molecule has 0 aromatic rings. The third-order valence-corrected chi connectivity index (χ3v) is 20.7. The molecule has 314 valence electrons. The minimum Gasteiger partial charge on any atom is -0.466 e. The van der Waals surface area contributed by atoms with Crippen LogP contribution in [-0.2, 0) is 23.1 Å². The highest BCUT2D eigenvalue weighted by molar-refractivity contribution is 6.74. The van der Waals surface area contributed by atoms with Gasteiger partial charge in [-0.15, -0.1) is 0 Å². The van der Waals surface area contributed by atoms with Gasteiger partial charge in [-0.2, -0.15) is 0 Å². The van der Waals surface area contributed by atoms with E-state index in [1.54, 1.807) is 13.0 Å². The van der Waals surface area contributed by atoms with Crippen molar-refractivity contribution in [1.82, 2.24) is 0 Å². The SMILES string of the molecule is C=CC=CC(C)C(OC(N)=O)C(C)C(O[Si](C)(C)C(C)(C)C)C(C)CC(C)=CC(C)C(O[Si](C)(C)C(C)(C)C)C(C)C=CCCC(O)CCC(=O)OCC. The van der Waals surface area contributed by atoms with Crippen molar-refractivity contribution in [2.24, 2.45) is 35.3 Å².